The Morgan fingerprint density at radius 2 is 0.606 bits per heavy atom. The van der Waals surface area contributed by atoms with Crippen LogP contribution in [0.1, 0.15) is 0 Å². The predicted octanol–water partition coefficient (Wildman–Crippen LogP) is 9.73. The largest absolute Gasteiger partial charge is 0.417 e. The van der Waals surface area contributed by atoms with Gasteiger partial charge in [-0.1, -0.05) is 42.5 Å². The van der Waals surface area contributed by atoms with Gasteiger partial charge in [0.2, 0.25) is 0 Å². The third-order valence-corrected chi connectivity index (χ3v) is 11.2. The minimum atomic E-state index is -4.55. The molecule has 0 heterocycles. The highest BCUT2D eigenvalue weighted by atomic mass is 32.2. The maximum Gasteiger partial charge on any atom is 0.417 e. The van der Waals surface area contributed by atoms with Gasteiger partial charge in [-0.25, -0.2) is 19.2 Å². The van der Waals surface area contributed by atoms with Crippen molar-refractivity contribution in [2.45, 2.75) is 9.79 Å². The van der Waals surface area contributed by atoms with E-state index >= 15 is 0 Å². The van der Waals surface area contributed by atoms with Crippen LogP contribution in [0.3, 0.4) is 0 Å². The van der Waals surface area contributed by atoms with E-state index in [1.165, 1.54) is 54.6 Å². The molecule has 0 unspecified atom stereocenters. The fourth-order valence-corrected chi connectivity index (χ4v) is 7.69. The molecule has 6 N–H and O–H groups in total. The number of ether oxygens (including phenoxy) is 2. The van der Waals surface area contributed by atoms with Crippen LogP contribution in [0.5, 0.6) is 23.0 Å². The lowest BCUT2D eigenvalue weighted by atomic mass is 10.3. The third-order valence-electron chi connectivity index (χ3n) is 8.70. The first-order valence-corrected chi connectivity index (χ1v) is 22.2. The topological polar surface area (TPSA) is 246 Å². The lowest BCUT2D eigenvalue weighted by molar-refractivity contribution is 0.214. The number of rotatable bonds is 14. The molecule has 0 radical (unpaired) electrons. The Hall–Kier alpha value is -8.88. The van der Waals surface area contributed by atoms with Crippen molar-refractivity contribution >= 4 is 78.6 Å². The minimum Gasteiger partial charge on any atom is -0.410 e. The zero-order valence-corrected chi connectivity index (χ0v) is 35.7. The van der Waals surface area contributed by atoms with Gasteiger partial charge in [0.15, 0.2) is 0 Å². The van der Waals surface area contributed by atoms with E-state index in [9.17, 15) is 36.0 Å². The van der Waals surface area contributed by atoms with Crippen molar-refractivity contribution < 1.29 is 53.9 Å². The van der Waals surface area contributed by atoms with Crippen LogP contribution in [-0.2, 0) is 20.2 Å². The molecule has 7 aromatic rings. The summed E-state index contributed by atoms with van der Waals surface area (Å²) in [5.41, 5.74) is 2.25. The van der Waals surface area contributed by atoms with Gasteiger partial charge in [-0.15, -0.1) is 0 Å². The van der Waals surface area contributed by atoms with Crippen molar-refractivity contribution in [3.63, 3.8) is 0 Å². The predicted molar refractivity (Wildman–Crippen MR) is 245 cm³/mol. The van der Waals surface area contributed by atoms with E-state index in [1.54, 1.807) is 109 Å². The summed E-state index contributed by atoms with van der Waals surface area (Å²) in [5.74, 6) is 0.494. The average Bonchev–Trinajstić information content (AvgIpc) is 3.29. The summed E-state index contributed by atoms with van der Waals surface area (Å²) in [7, 11) is -9.10. The maximum atomic E-state index is 13.2. The van der Waals surface area contributed by atoms with Gasteiger partial charge >= 0.3 is 44.5 Å². The van der Waals surface area contributed by atoms with Gasteiger partial charge in [-0.2, -0.15) is 16.8 Å². The Labute approximate surface area is 377 Å². The molecular weight excluding hydrogens is 893 g/mol. The summed E-state index contributed by atoms with van der Waals surface area (Å²) in [6.07, 6.45) is -1.37. The van der Waals surface area contributed by atoms with Crippen LogP contribution in [0.25, 0.3) is 0 Å². The number of nitrogens with one attached hydrogen (secondary N) is 6. The molecule has 18 nitrogen and oxygen atoms in total. The monoisotopic (exact) mass is 928 g/mol. The normalized spacial score (nSPS) is 10.9. The highest BCUT2D eigenvalue weighted by Crippen LogP contribution is 2.26. The lowest BCUT2D eigenvalue weighted by Crippen LogP contribution is -2.19. The molecule has 0 aromatic heterocycles. The van der Waals surface area contributed by atoms with Crippen molar-refractivity contribution in [3.05, 3.63) is 182 Å². The Bertz CT molecular complexity index is 2850. The summed E-state index contributed by atoms with van der Waals surface area (Å²) >= 11 is 0. The highest BCUT2D eigenvalue weighted by Gasteiger charge is 2.23. The van der Waals surface area contributed by atoms with Gasteiger partial charge in [0.1, 0.15) is 32.8 Å². The molecule has 7 rings (SSSR count). The fourth-order valence-electron chi connectivity index (χ4n) is 5.66. The van der Waals surface area contributed by atoms with Gasteiger partial charge in [-0.3, -0.25) is 10.6 Å². The number of carbonyl (C=O) groups is 4. The first kappa shape index (κ1) is 45.2. The van der Waals surface area contributed by atoms with E-state index in [-0.39, 0.29) is 22.9 Å². The number of benzene rings is 7. The van der Waals surface area contributed by atoms with Crippen molar-refractivity contribution in [1.82, 2.24) is 0 Å². The van der Waals surface area contributed by atoms with Crippen LogP contribution < -0.4 is 49.7 Å². The molecule has 0 saturated carbocycles. The number of anilines is 6. The van der Waals surface area contributed by atoms with E-state index in [0.717, 1.165) is 18.2 Å². The Morgan fingerprint density at radius 1 is 0.318 bits per heavy atom. The molecule has 0 aliphatic rings. The molecule has 0 atom stereocenters. The zero-order valence-electron chi connectivity index (χ0n) is 34.0. The number of para-hydroxylation sites is 2. The summed E-state index contributed by atoms with van der Waals surface area (Å²) in [6.45, 7) is 0. The molecule has 0 saturated heterocycles. The molecule has 0 aliphatic carbocycles. The highest BCUT2D eigenvalue weighted by molar-refractivity contribution is 7.88. The molecule has 0 bridgehead atoms. The number of amides is 6. The van der Waals surface area contributed by atoms with Crippen LogP contribution in [0.4, 0.5) is 53.3 Å². The van der Waals surface area contributed by atoms with E-state index in [4.69, 9.17) is 17.8 Å². The average molecular weight is 929 g/mol. The molecular formula is C46H36N6O12S2. The van der Waals surface area contributed by atoms with Gasteiger partial charge in [-0.05, 0) is 140 Å². The molecule has 20 heteroatoms. The summed E-state index contributed by atoms with van der Waals surface area (Å²) < 4.78 is 73.6. The number of carbonyl (C=O) groups excluding carboxylic acids is 4. The quantitative estimate of drug-likeness (QED) is 0.0558. The molecule has 0 aliphatic heterocycles. The van der Waals surface area contributed by atoms with Gasteiger partial charge in [0.25, 0.3) is 0 Å². The Kier molecular flexibility index (Phi) is 14.0. The second kappa shape index (κ2) is 20.5. The summed E-state index contributed by atoms with van der Waals surface area (Å²) in [5, 5.41) is 15.6. The van der Waals surface area contributed by atoms with E-state index in [1.807, 2.05) is 0 Å². The molecule has 334 valence electrons. The SMILES string of the molecule is O=C(Nc1ccc(NC(=O)Oc2ccccc2)cc1)Nc1ccc(OS(=O)(=O)c2cccc(S(=O)(=O)Oc3ccc(NC(=O)Nc4ccc(NC(=O)Oc5ccccc5)cc4)cc3)c2)cc1. The molecule has 0 spiro atoms. The number of hydrogen-bond acceptors (Lipinski definition) is 12. The van der Waals surface area contributed by atoms with Crippen LogP contribution in [0, 0.1) is 0 Å². The van der Waals surface area contributed by atoms with E-state index in [0.29, 0.717) is 34.2 Å². The number of urea groups is 2. The molecule has 6 amide bonds. The second-order valence-electron chi connectivity index (χ2n) is 13.6. The lowest BCUT2D eigenvalue weighted by Gasteiger charge is -2.12. The van der Waals surface area contributed by atoms with Crippen LogP contribution in [0.2, 0.25) is 0 Å². The van der Waals surface area contributed by atoms with Gasteiger partial charge in [0, 0.05) is 34.1 Å². The Morgan fingerprint density at radius 3 is 0.924 bits per heavy atom. The fraction of sp³-hybridized carbons (Fsp3) is 0. The van der Waals surface area contributed by atoms with Gasteiger partial charge < -0.3 is 39.1 Å². The minimum absolute atomic E-state index is 0.129. The maximum absolute atomic E-state index is 13.2. The smallest absolute Gasteiger partial charge is 0.410 e. The van der Waals surface area contributed by atoms with E-state index in [2.05, 4.69) is 31.9 Å². The van der Waals surface area contributed by atoms with Crippen LogP contribution in [0.15, 0.2) is 192 Å². The van der Waals surface area contributed by atoms with Gasteiger partial charge in [0.05, 0.1) is 0 Å². The van der Waals surface area contributed by atoms with Crippen LogP contribution >= 0.6 is 0 Å². The zero-order chi connectivity index (χ0) is 46.5. The summed E-state index contributed by atoms with van der Waals surface area (Å²) in [4.78, 5) is 48.5. The van der Waals surface area contributed by atoms with Crippen LogP contribution in [-0.4, -0.2) is 41.1 Å². The Balaban J connectivity index is 0.864. The molecule has 7 aromatic carbocycles. The molecule has 0 fully saturated rings. The third kappa shape index (κ3) is 13.1. The number of hydrogen-bond donors (Lipinski definition) is 6. The molecule has 66 heavy (non-hydrogen) atoms. The summed E-state index contributed by atoms with van der Waals surface area (Å²) in [6, 6.07) is 43.4. The van der Waals surface area contributed by atoms with Crippen molar-refractivity contribution in [2.24, 2.45) is 0 Å². The van der Waals surface area contributed by atoms with Crippen molar-refractivity contribution in [1.29, 1.82) is 0 Å². The van der Waals surface area contributed by atoms with Crippen molar-refractivity contribution in [3.8, 4) is 23.0 Å². The first-order valence-electron chi connectivity index (χ1n) is 19.4. The van der Waals surface area contributed by atoms with Crippen molar-refractivity contribution in [2.75, 3.05) is 31.9 Å². The second-order valence-corrected chi connectivity index (χ2v) is 16.7. The first-order chi connectivity index (χ1) is 31.7. The van der Waals surface area contributed by atoms with E-state index < -0.39 is 54.3 Å². The standard InChI is InChI=1S/C46H36N6O12S2/c53-43(47-31-14-18-35(19-15-31)51-45(55)61-37-8-3-1-4-9-37)49-33-22-26-39(27-23-33)63-65(57,58)41-12-7-13-42(30-41)66(59,60)64-40-28-24-34(25-29-40)50-44(54)48-32-16-20-36(21-17-32)52-46(56)62-38-10-5-2-6-11-38/h1-30H,(H,51,55)(H,52,56)(H2,47,49,53)(H2,48,50,54).